The van der Waals surface area contributed by atoms with Gasteiger partial charge >= 0.3 is 0 Å². The minimum absolute atomic E-state index is 0.198. The van der Waals surface area contributed by atoms with E-state index in [4.69, 9.17) is 17.3 Å². The highest BCUT2D eigenvalue weighted by molar-refractivity contribution is 6.31. The molecule has 0 radical (unpaired) electrons. The van der Waals surface area contributed by atoms with E-state index in [2.05, 4.69) is 9.97 Å². The summed E-state index contributed by atoms with van der Waals surface area (Å²) in [6.45, 7) is 0. The van der Waals surface area contributed by atoms with Crippen molar-refractivity contribution in [2.75, 3.05) is 5.73 Å². The lowest BCUT2D eigenvalue weighted by Crippen LogP contribution is -1.87. The van der Waals surface area contributed by atoms with Crippen LogP contribution in [0.15, 0.2) is 36.4 Å². The van der Waals surface area contributed by atoms with Crippen LogP contribution in [0, 0.1) is 0 Å². The fourth-order valence-corrected chi connectivity index (χ4v) is 2.13. The van der Waals surface area contributed by atoms with Crippen molar-refractivity contribution in [2.45, 2.75) is 0 Å². The van der Waals surface area contributed by atoms with Gasteiger partial charge in [-0.2, -0.15) is 0 Å². The Balaban J connectivity index is 2.19. The zero-order valence-corrected chi connectivity index (χ0v) is 10.1. The van der Waals surface area contributed by atoms with Gasteiger partial charge in [0.25, 0.3) is 0 Å². The average Bonchev–Trinajstić information content (AvgIpc) is 2.70. The highest BCUT2D eigenvalue weighted by atomic mass is 35.5. The Labute approximate surface area is 108 Å². The van der Waals surface area contributed by atoms with E-state index in [1.165, 1.54) is 0 Å². The summed E-state index contributed by atoms with van der Waals surface area (Å²) in [4.78, 5) is 7.55. The molecular formula is C13H10ClN3O. The molecule has 3 aromatic rings. The maximum atomic E-state index is 9.41. The SMILES string of the molecule is Nc1cc(Cl)cc(-c2nc3ccc(O)cc3[nH]2)c1. The summed E-state index contributed by atoms with van der Waals surface area (Å²) >= 11 is 5.96. The molecule has 0 bridgehead atoms. The number of benzene rings is 2. The number of phenolic OH excluding ortho intramolecular Hbond substituents is 1. The third-order valence-electron chi connectivity index (χ3n) is 2.66. The fourth-order valence-electron chi connectivity index (χ4n) is 1.88. The molecule has 1 aromatic heterocycles. The Hall–Kier alpha value is -2.20. The number of nitrogens with zero attached hydrogens (tertiary/aromatic N) is 1. The maximum Gasteiger partial charge on any atom is 0.138 e. The minimum atomic E-state index is 0.198. The summed E-state index contributed by atoms with van der Waals surface area (Å²) in [5.41, 5.74) is 8.69. The number of nitrogens with one attached hydrogen (secondary N) is 1. The molecule has 0 aliphatic rings. The molecule has 1 heterocycles. The zero-order chi connectivity index (χ0) is 12.7. The lowest BCUT2D eigenvalue weighted by molar-refractivity contribution is 0.476. The van der Waals surface area contributed by atoms with Crippen LogP contribution >= 0.6 is 11.6 Å². The second kappa shape index (κ2) is 3.92. The van der Waals surface area contributed by atoms with Crippen LogP contribution < -0.4 is 5.73 Å². The average molecular weight is 260 g/mol. The fraction of sp³-hybridized carbons (Fsp3) is 0. The molecule has 0 fully saturated rings. The lowest BCUT2D eigenvalue weighted by Gasteiger charge is -2.00. The van der Waals surface area contributed by atoms with E-state index in [0.29, 0.717) is 16.5 Å². The number of anilines is 1. The first-order valence-electron chi connectivity index (χ1n) is 5.37. The second-order valence-corrected chi connectivity index (χ2v) is 4.50. The summed E-state index contributed by atoms with van der Waals surface area (Å²) < 4.78 is 0. The number of aromatic amines is 1. The smallest absolute Gasteiger partial charge is 0.138 e. The van der Waals surface area contributed by atoms with E-state index >= 15 is 0 Å². The second-order valence-electron chi connectivity index (χ2n) is 4.06. The van der Waals surface area contributed by atoms with Gasteiger partial charge in [-0.15, -0.1) is 0 Å². The van der Waals surface area contributed by atoms with Crippen LogP contribution in [0.4, 0.5) is 5.69 Å². The molecule has 0 aliphatic heterocycles. The Bertz CT molecular complexity index is 716. The Morgan fingerprint density at radius 2 is 2.00 bits per heavy atom. The molecule has 0 saturated heterocycles. The van der Waals surface area contributed by atoms with Crippen LogP contribution in [0.5, 0.6) is 5.75 Å². The van der Waals surface area contributed by atoms with Gasteiger partial charge in [-0.1, -0.05) is 11.6 Å². The van der Waals surface area contributed by atoms with E-state index in [1.807, 2.05) is 0 Å². The Morgan fingerprint density at radius 3 is 2.78 bits per heavy atom. The normalized spacial score (nSPS) is 10.9. The Morgan fingerprint density at radius 1 is 1.17 bits per heavy atom. The van der Waals surface area contributed by atoms with Crippen LogP contribution in [0.1, 0.15) is 0 Å². The standard InChI is InChI=1S/C13H10ClN3O/c14-8-3-7(4-9(15)5-8)13-16-11-2-1-10(18)6-12(11)17-13/h1-6,18H,15H2,(H,16,17). The summed E-state index contributed by atoms with van der Waals surface area (Å²) in [5, 5.41) is 9.97. The number of nitrogen functional groups attached to an aromatic ring is 1. The third-order valence-corrected chi connectivity index (χ3v) is 2.88. The molecule has 0 unspecified atom stereocenters. The van der Waals surface area contributed by atoms with E-state index in [1.54, 1.807) is 36.4 Å². The maximum absolute atomic E-state index is 9.41. The van der Waals surface area contributed by atoms with Crippen LogP contribution in [-0.4, -0.2) is 15.1 Å². The van der Waals surface area contributed by atoms with Crippen LogP contribution in [-0.2, 0) is 0 Å². The predicted molar refractivity (Wildman–Crippen MR) is 72.6 cm³/mol. The quantitative estimate of drug-likeness (QED) is 0.588. The van der Waals surface area contributed by atoms with Crippen molar-refractivity contribution in [3.05, 3.63) is 41.4 Å². The van der Waals surface area contributed by atoms with E-state index in [0.717, 1.165) is 16.6 Å². The van der Waals surface area contributed by atoms with Crippen molar-refractivity contribution < 1.29 is 5.11 Å². The molecule has 2 aromatic carbocycles. The highest BCUT2D eigenvalue weighted by Crippen LogP contribution is 2.27. The molecule has 4 nitrogen and oxygen atoms in total. The van der Waals surface area contributed by atoms with Crippen molar-refractivity contribution in [3.8, 4) is 17.1 Å². The van der Waals surface area contributed by atoms with Gasteiger partial charge in [-0.3, -0.25) is 0 Å². The summed E-state index contributed by atoms with van der Waals surface area (Å²) in [5.74, 6) is 0.869. The number of aromatic hydroxyl groups is 1. The number of nitrogens with two attached hydrogens (primary N) is 1. The predicted octanol–water partition coefficient (Wildman–Crippen LogP) is 3.17. The summed E-state index contributed by atoms with van der Waals surface area (Å²) in [7, 11) is 0. The number of rotatable bonds is 1. The van der Waals surface area contributed by atoms with Gasteiger partial charge < -0.3 is 15.8 Å². The number of hydrogen-bond acceptors (Lipinski definition) is 3. The Kier molecular flexibility index (Phi) is 2.38. The number of phenols is 1. The van der Waals surface area contributed by atoms with Gasteiger partial charge in [-0.05, 0) is 30.3 Å². The van der Waals surface area contributed by atoms with Crippen molar-refractivity contribution in [3.63, 3.8) is 0 Å². The lowest BCUT2D eigenvalue weighted by atomic mass is 10.2. The number of aromatic nitrogens is 2. The first kappa shape index (κ1) is 10.9. The van der Waals surface area contributed by atoms with Gasteiger partial charge in [0.1, 0.15) is 11.6 Å². The summed E-state index contributed by atoms with van der Waals surface area (Å²) in [6.07, 6.45) is 0. The third kappa shape index (κ3) is 1.87. The van der Waals surface area contributed by atoms with Gasteiger partial charge in [0.2, 0.25) is 0 Å². The molecule has 4 N–H and O–H groups in total. The topological polar surface area (TPSA) is 74.9 Å². The molecule has 0 atom stereocenters. The summed E-state index contributed by atoms with van der Waals surface area (Å²) in [6, 6.07) is 10.2. The molecule has 18 heavy (non-hydrogen) atoms. The van der Waals surface area contributed by atoms with E-state index in [-0.39, 0.29) is 5.75 Å². The molecule has 0 aliphatic carbocycles. The first-order chi connectivity index (χ1) is 8.61. The van der Waals surface area contributed by atoms with Gasteiger partial charge in [-0.25, -0.2) is 4.98 Å². The monoisotopic (exact) mass is 259 g/mol. The molecular weight excluding hydrogens is 250 g/mol. The molecule has 5 heteroatoms. The number of H-pyrrole nitrogens is 1. The number of hydrogen-bond donors (Lipinski definition) is 3. The minimum Gasteiger partial charge on any atom is -0.508 e. The number of halogens is 1. The van der Waals surface area contributed by atoms with E-state index < -0.39 is 0 Å². The molecule has 3 rings (SSSR count). The highest BCUT2D eigenvalue weighted by Gasteiger charge is 2.07. The molecule has 0 saturated carbocycles. The van der Waals surface area contributed by atoms with Crippen LogP contribution in [0.25, 0.3) is 22.4 Å². The zero-order valence-electron chi connectivity index (χ0n) is 9.31. The van der Waals surface area contributed by atoms with Gasteiger partial charge in [0, 0.05) is 22.3 Å². The van der Waals surface area contributed by atoms with Crippen molar-refractivity contribution in [1.82, 2.24) is 9.97 Å². The van der Waals surface area contributed by atoms with Crippen molar-refractivity contribution in [1.29, 1.82) is 0 Å². The van der Waals surface area contributed by atoms with Gasteiger partial charge in [0.15, 0.2) is 0 Å². The van der Waals surface area contributed by atoms with Crippen LogP contribution in [0.3, 0.4) is 0 Å². The van der Waals surface area contributed by atoms with E-state index in [9.17, 15) is 5.11 Å². The first-order valence-corrected chi connectivity index (χ1v) is 5.75. The number of imidazole rings is 1. The number of fused-ring (bicyclic) bond motifs is 1. The van der Waals surface area contributed by atoms with Crippen molar-refractivity contribution >= 4 is 28.3 Å². The van der Waals surface area contributed by atoms with Crippen molar-refractivity contribution in [2.24, 2.45) is 0 Å². The molecule has 0 amide bonds. The molecule has 90 valence electrons. The largest absolute Gasteiger partial charge is 0.508 e. The molecule has 0 spiro atoms. The van der Waals surface area contributed by atoms with Crippen LogP contribution in [0.2, 0.25) is 5.02 Å². The van der Waals surface area contributed by atoms with Gasteiger partial charge in [0.05, 0.1) is 11.0 Å².